The van der Waals surface area contributed by atoms with Crippen LogP contribution in [0.25, 0.3) is 16.7 Å². The average molecular weight is 425 g/mol. The Labute approximate surface area is 175 Å². The highest BCUT2D eigenvalue weighted by molar-refractivity contribution is 7.99. The van der Waals surface area contributed by atoms with Crippen molar-refractivity contribution >= 4 is 34.3 Å². The Bertz CT molecular complexity index is 1290. The fourth-order valence-corrected chi connectivity index (χ4v) is 4.04. The fourth-order valence-electron chi connectivity index (χ4n) is 3.28. The molecule has 2 aromatic carbocycles. The number of benzene rings is 2. The van der Waals surface area contributed by atoms with E-state index in [1.165, 1.54) is 28.6 Å². The number of thioether (sulfide) groups is 1. The van der Waals surface area contributed by atoms with E-state index in [0.717, 1.165) is 0 Å². The van der Waals surface area contributed by atoms with E-state index in [0.29, 0.717) is 27.6 Å². The molecule has 4 aromatic rings. The fraction of sp³-hybridized carbons (Fsp3) is 0.150. The van der Waals surface area contributed by atoms with E-state index in [4.69, 9.17) is 5.21 Å². The summed E-state index contributed by atoms with van der Waals surface area (Å²) in [5.41, 5.74) is 2.40. The molecule has 0 amide bonds. The van der Waals surface area contributed by atoms with Crippen molar-refractivity contribution in [2.45, 2.75) is 12.1 Å². The molecule has 30 heavy (non-hydrogen) atoms. The van der Waals surface area contributed by atoms with E-state index in [1.54, 1.807) is 24.7 Å². The standard InChI is InChI=1S/C20H19N5O4S/c1-12-18(19(27)24(23(12)2)13-6-4-3-5-7-13)17(26)11-30-20-21-15-9-8-14(25(28)29)10-16(15)22-20/h3-10,25,28H,11H2,1-2H3,(H,21,22). The molecule has 3 N–H and O–H groups in total. The maximum atomic E-state index is 12.9. The van der Waals surface area contributed by atoms with Gasteiger partial charge in [0.15, 0.2) is 16.6 Å². The summed E-state index contributed by atoms with van der Waals surface area (Å²) < 4.78 is 3.14. The summed E-state index contributed by atoms with van der Waals surface area (Å²) in [6.45, 7) is 1.74. The molecule has 9 nitrogen and oxygen atoms in total. The van der Waals surface area contributed by atoms with Crippen molar-refractivity contribution < 1.29 is 15.2 Å². The molecule has 0 saturated carbocycles. The number of quaternary nitrogens is 1. The van der Waals surface area contributed by atoms with Gasteiger partial charge in [-0.3, -0.25) is 14.3 Å². The lowest BCUT2D eigenvalue weighted by atomic mass is 10.2. The van der Waals surface area contributed by atoms with Crippen LogP contribution in [0.15, 0.2) is 58.5 Å². The molecule has 4 rings (SSSR count). The lowest BCUT2D eigenvalue weighted by molar-refractivity contribution is -0.991. The molecule has 0 saturated heterocycles. The van der Waals surface area contributed by atoms with Crippen molar-refractivity contribution in [1.82, 2.24) is 19.3 Å². The smallest absolute Gasteiger partial charge is 0.282 e. The number of nitrogens with zero attached hydrogens (tertiary/aromatic N) is 3. The second-order valence-corrected chi connectivity index (χ2v) is 7.69. The summed E-state index contributed by atoms with van der Waals surface area (Å²) in [7, 11) is 1.74. The first-order valence-corrected chi connectivity index (χ1v) is 10.1. The predicted molar refractivity (Wildman–Crippen MR) is 113 cm³/mol. The minimum absolute atomic E-state index is 0.0283. The number of rotatable bonds is 6. The topological polar surface area (TPSA) is 120 Å². The van der Waals surface area contributed by atoms with Gasteiger partial charge in [0.05, 0.1) is 22.5 Å². The Balaban J connectivity index is 1.58. The minimum atomic E-state index is -1.02. The molecular formula is C20H19N5O4S. The molecule has 10 heteroatoms. The van der Waals surface area contributed by atoms with Gasteiger partial charge in [-0.05, 0) is 25.1 Å². The first kappa shape index (κ1) is 20.1. The summed E-state index contributed by atoms with van der Waals surface area (Å²) in [4.78, 5) is 33.2. The van der Waals surface area contributed by atoms with Crippen LogP contribution in [0, 0.1) is 12.1 Å². The number of fused-ring (bicyclic) bond motifs is 1. The van der Waals surface area contributed by atoms with Crippen molar-refractivity contribution in [3.05, 3.63) is 75.3 Å². The third kappa shape index (κ3) is 3.57. The van der Waals surface area contributed by atoms with Crippen LogP contribution in [-0.2, 0) is 7.05 Å². The number of aromatic nitrogens is 4. The van der Waals surface area contributed by atoms with Crippen LogP contribution in [0.3, 0.4) is 0 Å². The van der Waals surface area contributed by atoms with Crippen LogP contribution in [0.5, 0.6) is 0 Å². The third-order valence-electron chi connectivity index (χ3n) is 4.88. The summed E-state index contributed by atoms with van der Waals surface area (Å²) in [5.74, 6) is -0.264. The van der Waals surface area contributed by atoms with Gasteiger partial charge in [0.25, 0.3) is 5.56 Å². The van der Waals surface area contributed by atoms with Crippen LogP contribution in [0.1, 0.15) is 16.1 Å². The number of carbonyl (C=O) groups is 1. The number of hydrogen-bond donors (Lipinski definition) is 3. The van der Waals surface area contributed by atoms with E-state index in [-0.39, 0.29) is 28.3 Å². The van der Waals surface area contributed by atoms with Crippen LogP contribution >= 0.6 is 11.8 Å². The number of imidazole rings is 1. The molecule has 1 unspecified atom stereocenters. The Morgan fingerprint density at radius 3 is 2.70 bits per heavy atom. The van der Waals surface area contributed by atoms with Gasteiger partial charge in [0, 0.05) is 24.9 Å². The molecule has 2 heterocycles. The predicted octanol–water partition coefficient (Wildman–Crippen LogP) is 1.74. The molecule has 154 valence electrons. The molecule has 1 atom stereocenters. The van der Waals surface area contributed by atoms with E-state index < -0.39 is 5.23 Å². The van der Waals surface area contributed by atoms with Crippen LogP contribution in [0.4, 0.5) is 5.69 Å². The Kier molecular flexibility index (Phi) is 5.31. The quantitative estimate of drug-likeness (QED) is 0.246. The van der Waals surface area contributed by atoms with Gasteiger partial charge in [-0.2, -0.15) is 5.23 Å². The first-order chi connectivity index (χ1) is 14.4. The molecular weight excluding hydrogens is 406 g/mol. The van der Waals surface area contributed by atoms with Crippen molar-refractivity contribution in [1.29, 1.82) is 0 Å². The minimum Gasteiger partial charge on any atom is -0.595 e. The maximum Gasteiger partial charge on any atom is 0.282 e. The highest BCUT2D eigenvalue weighted by Crippen LogP contribution is 2.22. The molecule has 0 radical (unpaired) electrons. The van der Waals surface area contributed by atoms with E-state index >= 15 is 0 Å². The van der Waals surface area contributed by atoms with Gasteiger partial charge in [0.2, 0.25) is 0 Å². The number of H-pyrrole nitrogens is 1. The average Bonchev–Trinajstić information content (AvgIpc) is 3.24. The van der Waals surface area contributed by atoms with Gasteiger partial charge in [0.1, 0.15) is 5.56 Å². The second kappa shape index (κ2) is 7.92. The van der Waals surface area contributed by atoms with E-state index in [9.17, 15) is 14.8 Å². The third-order valence-corrected chi connectivity index (χ3v) is 5.75. The molecule has 0 aliphatic rings. The zero-order chi connectivity index (χ0) is 21.4. The lowest BCUT2D eigenvalue weighted by Crippen LogP contribution is -2.99. The summed E-state index contributed by atoms with van der Waals surface area (Å²) >= 11 is 1.17. The highest BCUT2D eigenvalue weighted by atomic mass is 32.2. The molecule has 0 spiro atoms. The number of aromatic amines is 1. The van der Waals surface area contributed by atoms with Crippen molar-refractivity contribution in [2.24, 2.45) is 7.05 Å². The summed E-state index contributed by atoms with van der Waals surface area (Å²) in [6.07, 6.45) is 0. The molecule has 2 aromatic heterocycles. The molecule has 0 aliphatic heterocycles. The number of Topliss-reactive ketones (excluding diaryl/α,β-unsaturated/α-hetero) is 1. The van der Waals surface area contributed by atoms with Gasteiger partial charge >= 0.3 is 0 Å². The second-order valence-electron chi connectivity index (χ2n) is 6.73. The zero-order valence-corrected chi connectivity index (χ0v) is 17.1. The van der Waals surface area contributed by atoms with Crippen LogP contribution in [-0.4, -0.2) is 36.1 Å². The van der Waals surface area contributed by atoms with Crippen molar-refractivity contribution in [3.63, 3.8) is 0 Å². The monoisotopic (exact) mass is 425 g/mol. The summed E-state index contributed by atoms with van der Waals surface area (Å²) in [6, 6.07) is 13.7. The zero-order valence-electron chi connectivity index (χ0n) is 16.2. The van der Waals surface area contributed by atoms with Crippen LogP contribution in [0.2, 0.25) is 0 Å². The normalized spacial score (nSPS) is 12.4. The van der Waals surface area contributed by atoms with Crippen molar-refractivity contribution in [3.8, 4) is 5.69 Å². The Morgan fingerprint density at radius 2 is 2.00 bits per heavy atom. The van der Waals surface area contributed by atoms with Gasteiger partial charge in [-0.15, -0.1) is 0 Å². The maximum absolute atomic E-state index is 12.9. The Hall–Kier alpha value is -3.18. The number of ketones is 1. The molecule has 0 aliphatic carbocycles. The highest BCUT2D eigenvalue weighted by Gasteiger charge is 2.22. The number of nitrogens with one attached hydrogen (secondary N) is 2. The molecule has 0 fully saturated rings. The first-order valence-electron chi connectivity index (χ1n) is 9.10. The summed E-state index contributed by atoms with van der Waals surface area (Å²) in [5, 5.41) is 19.7. The Morgan fingerprint density at radius 1 is 1.27 bits per heavy atom. The number of para-hydroxylation sites is 1. The largest absolute Gasteiger partial charge is 0.595 e. The number of carbonyl (C=O) groups excluding carboxylic acids is 1. The SMILES string of the molecule is Cc1c(C(=O)CSc2nc3ccc([NH+]([O-])O)cc3[nH]2)c(=O)n(-c2ccccc2)n1C. The van der Waals surface area contributed by atoms with Gasteiger partial charge in [-0.25, -0.2) is 14.9 Å². The molecule has 0 bridgehead atoms. The van der Waals surface area contributed by atoms with E-state index in [2.05, 4.69) is 9.97 Å². The van der Waals surface area contributed by atoms with Gasteiger partial charge in [-0.1, -0.05) is 30.0 Å². The van der Waals surface area contributed by atoms with E-state index in [1.807, 2.05) is 30.3 Å². The van der Waals surface area contributed by atoms with Gasteiger partial charge < -0.3 is 10.2 Å². The van der Waals surface area contributed by atoms with Crippen molar-refractivity contribution in [2.75, 3.05) is 5.75 Å². The van der Waals surface area contributed by atoms with Crippen LogP contribution < -0.4 is 10.8 Å². The number of hydrogen-bond acceptors (Lipinski definition) is 6. The lowest BCUT2D eigenvalue weighted by Gasteiger charge is -2.10.